The number of hydrogen-bond acceptors (Lipinski definition) is 7. The van der Waals surface area contributed by atoms with Gasteiger partial charge in [0.1, 0.15) is 17.5 Å². The zero-order valence-electron chi connectivity index (χ0n) is 21.8. The minimum absolute atomic E-state index is 0.0144. The van der Waals surface area contributed by atoms with E-state index in [1.807, 2.05) is 24.3 Å². The highest BCUT2D eigenvalue weighted by molar-refractivity contribution is 6.02. The summed E-state index contributed by atoms with van der Waals surface area (Å²) in [5.74, 6) is -0.973. The lowest BCUT2D eigenvalue weighted by molar-refractivity contribution is -0.00896. The quantitative estimate of drug-likeness (QED) is 0.317. The van der Waals surface area contributed by atoms with Crippen molar-refractivity contribution in [2.24, 2.45) is 0 Å². The van der Waals surface area contributed by atoms with Gasteiger partial charge in [0.15, 0.2) is 0 Å². The van der Waals surface area contributed by atoms with Gasteiger partial charge in [-0.05, 0) is 53.9 Å². The number of nitrogens with one attached hydrogen (secondary N) is 3. The number of fused-ring (bicyclic) bond motifs is 2. The van der Waals surface area contributed by atoms with Crippen molar-refractivity contribution in [2.45, 2.75) is 18.6 Å². The molecule has 9 nitrogen and oxygen atoms in total. The van der Waals surface area contributed by atoms with E-state index in [1.165, 1.54) is 19.2 Å². The largest absolute Gasteiger partial charge is 0.373 e. The Morgan fingerprint density at radius 3 is 2.77 bits per heavy atom. The first-order valence-corrected chi connectivity index (χ1v) is 13.0. The van der Waals surface area contributed by atoms with Crippen molar-refractivity contribution in [2.75, 3.05) is 43.6 Å². The minimum atomic E-state index is -0.659. The molecular weight excluding hydrogens is 518 g/mol. The molecule has 2 aromatic carbocycles. The number of anilines is 2. The van der Waals surface area contributed by atoms with Gasteiger partial charge in [0, 0.05) is 60.6 Å². The smallest absolute Gasteiger partial charge is 0.344 e. The molecule has 3 N–H and O–H groups in total. The predicted octanol–water partition coefficient (Wildman–Crippen LogP) is 4.49. The van der Waals surface area contributed by atoms with Gasteiger partial charge in [-0.15, -0.1) is 0 Å². The molecule has 2 aliphatic heterocycles. The third kappa shape index (κ3) is 5.18. The lowest BCUT2D eigenvalue weighted by atomic mass is 9.94. The van der Waals surface area contributed by atoms with Gasteiger partial charge in [-0.25, -0.2) is 24.0 Å². The normalized spacial score (nSPS) is 18.8. The maximum absolute atomic E-state index is 14.4. The van der Waals surface area contributed by atoms with Gasteiger partial charge in [-0.2, -0.15) is 0 Å². The second kappa shape index (κ2) is 11.1. The number of hydroxylamine groups is 1. The summed E-state index contributed by atoms with van der Waals surface area (Å²) >= 11 is 0. The van der Waals surface area contributed by atoms with Crippen molar-refractivity contribution in [3.63, 3.8) is 0 Å². The van der Waals surface area contributed by atoms with E-state index in [0.29, 0.717) is 35.7 Å². The lowest BCUT2D eigenvalue weighted by Gasteiger charge is -2.43. The highest BCUT2D eigenvalue weighted by Crippen LogP contribution is 2.40. The fraction of sp³-hybridized carbons (Fsp3) is 0.276. The Bertz CT molecular complexity index is 1550. The van der Waals surface area contributed by atoms with Crippen molar-refractivity contribution in [1.82, 2.24) is 20.8 Å². The number of pyridine rings is 2. The van der Waals surface area contributed by atoms with E-state index in [9.17, 15) is 13.6 Å². The van der Waals surface area contributed by atoms with E-state index < -0.39 is 17.7 Å². The number of ether oxygens (including phenoxy) is 1. The molecule has 2 aromatic heterocycles. The molecular formula is C29H28F2N6O3. The number of amides is 2. The summed E-state index contributed by atoms with van der Waals surface area (Å²) < 4.78 is 34.8. The summed E-state index contributed by atoms with van der Waals surface area (Å²) in [4.78, 5) is 28.1. The number of morpholine rings is 1. The number of hydrogen-bond donors (Lipinski definition) is 3. The number of rotatable bonds is 5. The highest BCUT2D eigenvalue weighted by Gasteiger charge is 2.33. The fourth-order valence-corrected chi connectivity index (χ4v) is 5.55. The molecule has 2 fully saturated rings. The SMILES string of the molecule is CONC(=O)Nc1ncccc1-c1ccc2ncc(-c3cc(F)cc(F)c3)c(N3CCC4NCCOC4C3)c2c1. The van der Waals surface area contributed by atoms with Gasteiger partial charge in [-0.3, -0.25) is 15.1 Å². The second-order valence-corrected chi connectivity index (χ2v) is 9.77. The Labute approximate surface area is 229 Å². The molecule has 6 rings (SSSR count). The van der Waals surface area contributed by atoms with E-state index in [4.69, 9.17) is 9.57 Å². The standard InChI is InChI=1S/C29H28F2N6O3/c1-39-36-29(38)35-28-21(3-2-7-33-28)17-4-5-24-22(13-17)27(37-9-6-25-26(16-37)40-10-8-32-25)23(15-34-24)18-11-19(30)14-20(31)12-18/h2-5,7,11-15,25-26,32H,6,8-10,16H2,1H3,(H2,33,35,36,38). The molecule has 0 aliphatic carbocycles. The van der Waals surface area contributed by atoms with E-state index in [-0.39, 0.29) is 12.1 Å². The molecule has 0 radical (unpaired) electrons. The summed E-state index contributed by atoms with van der Waals surface area (Å²) in [6.45, 7) is 2.79. The van der Waals surface area contributed by atoms with E-state index in [1.54, 1.807) is 18.5 Å². The van der Waals surface area contributed by atoms with Gasteiger partial charge in [0.2, 0.25) is 0 Å². The fourth-order valence-electron chi connectivity index (χ4n) is 5.55. The van der Waals surface area contributed by atoms with Crippen LogP contribution in [0.2, 0.25) is 0 Å². The van der Waals surface area contributed by atoms with Crippen LogP contribution >= 0.6 is 0 Å². The van der Waals surface area contributed by atoms with E-state index in [2.05, 4.69) is 31.0 Å². The van der Waals surface area contributed by atoms with Crippen LogP contribution in [0.5, 0.6) is 0 Å². The van der Waals surface area contributed by atoms with Gasteiger partial charge in [0.25, 0.3) is 0 Å². The number of halogens is 2. The molecule has 0 bridgehead atoms. The topological polar surface area (TPSA) is 101 Å². The van der Waals surface area contributed by atoms with Crippen LogP contribution in [0.15, 0.2) is 60.9 Å². The number of benzene rings is 2. The number of carbonyl (C=O) groups is 1. The van der Waals surface area contributed by atoms with Crippen LogP contribution in [0.4, 0.5) is 25.1 Å². The Kier molecular flexibility index (Phi) is 7.25. The van der Waals surface area contributed by atoms with Gasteiger partial charge >= 0.3 is 6.03 Å². The molecule has 2 unspecified atom stereocenters. The molecule has 11 heteroatoms. The summed E-state index contributed by atoms with van der Waals surface area (Å²) in [6, 6.07) is 12.6. The van der Waals surface area contributed by atoms with Crippen molar-refractivity contribution < 1.29 is 23.1 Å². The van der Waals surface area contributed by atoms with Gasteiger partial charge in [-0.1, -0.05) is 6.07 Å². The van der Waals surface area contributed by atoms with Crippen LogP contribution < -0.4 is 21.0 Å². The number of nitrogens with zero attached hydrogens (tertiary/aromatic N) is 3. The maximum Gasteiger partial charge on any atom is 0.344 e. The third-order valence-electron chi connectivity index (χ3n) is 7.27. The number of piperidine rings is 1. The molecule has 2 aliphatic rings. The van der Waals surface area contributed by atoms with Gasteiger partial charge < -0.3 is 15.0 Å². The monoisotopic (exact) mass is 546 g/mol. The molecule has 4 heterocycles. The van der Waals surface area contributed by atoms with Crippen LogP contribution in [0, 0.1) is 11.6 Å². The van der Waals surface area contributed by atoms with Crippen LogP contribution in [0.25, 0.3) is 33.2 Å². The molecule has 4 aromatic rings. The molecule has 2 atom stereocenters. The Balaban J connectivity index is 1.50. The Morgan fingerprint density at radius 1 is 1.10 bits per heavy atom. The molecule has 0 saturated carbocycles. The van der Waals surface area contributed by atoms with Crippen molar-refractivity contribution in [1.29, 1.82) is 0 Å². The predicted molar refractivity (Wildman–Crippen MR) is 148 cm³/mol. The van der Waals surface area contributed by atoms with E-state index >= 15 is 0 Å². The average molecular weight is 547 g/mol. The van der Waals surface area contributed by atoms with Crippen LogP contribution in [-0.2, 0) is 9.57 Å². The van der Waals surface area contributed by atoms with Crippen molar-refractivity contribution in [3.05, 3.63) is 72.6 Å². The maximum atomic E-state index is 14.4. The summed E-state index contributed by atoms with van der Waals surface area (Å²) in [5, 5.41) is 7.04. The molecule has 2 saturated heterocycles. The number of urea groups is 1. The second-order valence-electron chi connectivity index (χ2n) is 9.77. The first kappa shape index (κ1) is 26.1. The van der Waals surface area contributed by atoms with E-state index in [0.717, 1.165) is 47.7 Å². The van der Waals surface area contributed by atoms with Crippen molar-refractivity contribution >= 4 is 28.4 Å². The van der Waals surface area contributed by atoms with Crippen LogP contribution in [0.1, 0.15) is 6.42 Å². The number of carbonyl (C=O) groups excluding carboxylic acids is 1. The highest BCUT2D eigenvalue weighted by atomic mass is 19.1. The van der Waals surface area contributed by atoms with Crippen LogP contribution in [-0.4, -0.2) is 61.5 Å². The first-order valence-electron chi connectivity index (χ1n) is 13.0. The number of aromatic nitrogens is 2. The van der Waals surface area contributed by atoms with Gasteiger partial charge in [0.05, 0.1) is 31.0 Å². The first-order chi connectivity index (χ1) is 19.5. The molecule has 0 spiro atoms. The molecule has 206 valence electrons. The van der Waals surface area contributed by atoms with Crippen LogP contribution in [0.3, 0.4) is 0 Å². The molecule has 2 amide bonds. The van der Waals surface area contributed by atoms with Crippen molar-refractivity contribution in [3.8, 4) is 22.3 Å². The molecule has 40 heavy (non-hydrogen) atoms. The summed E-state index contributed by atoms with van der Waals surface area (Å²) in [7, 11) is 1.34. The zero-order valence-corrected chi connectivity index (χ0v) is 21.8. The summed E-state index contributed by atoms with van der Waals surface area (Å²) in [5.41, 5.74) is 6.25. The lowest BCUT2D eigenvalue weighted by Crippen LogP contribution is -2.57. The summed E-state index contributed by atoms with van der Waals surface area (Å²) in [6.07, 6.45) is 4.10. The minimum Gasteiger partial charge on any atom is -0.373 e. The zero-order chi connectivity index (χ0) is 27.6. The average Bonchev–Trinajstić information content (AvgIpc) is 2.96. The Hall–Kier alpha value is -4.19. The Morgan fingerprint density at radius 2 is 1.95 bits per heavy atom. The third-order valence-corrected chi connectivity index (χ3v) is 7.27.